The van der Waals surface area contributed by atoms with Gasteiger partial charge in [-0.2, -0.15) is 4.31 Å². The van der Waals surface area contributed by atoms with Gasteiger partial charge >= 0.3 is 0 Å². The second-order valence-corrected chi connectivity index (χ2v) is 7.14. The van der Waals surface area contributed by atoms with Gasteiger partial charge in [-0.3, -0.25) is 10.0 Å². The van der Waals surface area contributed by atoms with Crippen molar-refractivity contribution in [1.29, 1.82) is 0 Å². The lowest BCUT2D eigenvalue weighted by atomic mass is 10.00. The summed E-state index contributed by atoms with van der Waals surface area (Å²) in [6.45, 7) is 0. The van der Waals surface area contributed by atoms with Crippen molar-refractivity contribution in [3.8, 4) is 0 Å². The molecule has 1 unspecified atom stereocenters. The molecule has 0 spiro atoms. The van der Waals surface area contributed by atoms with Gasteiger partial charge in [0.2, 0.25) is 10.0 Å². The van der Waals surface area contributed by atoms with Crippen molar-refractivity contribution in [1.82, 2.24) is 9.79 Å². The fraction of sp³-hybridized carbons (Fsp3) is 0.462. The molecule has 1 saturated carbocycles. The van der Waals surface area contributed by atoms with Crippen molar-refractivity contribution >= 4 is 15.9 Å². The number of rotatable bonds is 3. The van der Waals surface area contributed by atoms with Gasteiger partial charge in [-0.15, -0.1) is 0 Å². The van der Waals surface area contributed by atoms with Gasteiger partial charge in [0.05, 0.1) is 4.90 Å². The molecule has 1 aliphatic carbocycles. The molecule has 1 heterocycles. The van der Waals surface area contributed by atoms with Crippen LogP contribution in [0.1, 0.15) is 19.3 Å². The first-order chi connectivity index (χ1) is 9.55. The van der Waals surface area contributed by atoms with E-state index in [1.54, 1.807) is 23.7 Å². The molecule has 20 heavy (non-hydrogen) atoms. The van der Waals surface area contributed by atoms with Crippen LogP contribution in [0.4, 0.5) is 0 Å². The number of sulfonamides is 1. The molecule has 1 aromatic carbocycles. The van der Waals surface area contributed by atoms with Crippen molar-refractivity contribution in [2.24, 2.45) is 5.92 Å². The van der Waals surface area contributed by atoms with E-state index in [0.29, 0.717) is 6.42 Å². The highest BCUT2D eigenvalue weighted by molar-refractivity contribution is 7.89. The zero-order chi connectivity index (χ0) is 14.3. The smallest absolute Gasteiger partial charge is 0.262 e. The van der Waals surface area contributed by atoms with Crippen LogP contribution in [0, 0.1) is 5.92 Å². The standard InChI is InChI=1S/C13H16N2O4S/c16-13(14-17)12-9-6-7-10(8-9)15(12)20(18,19)11-4-2-1-3-5-11/h1-5,9-10,12,17H,6-8H2,(H,14,16)/t9?,10-,12+/m0/s1. The molecular formula is C13H16N2O4S. The van der Waals surface area contributed by atoms with E-state index < -0.39 is 22.0 Å². The van der Waals surface area contributed by atoms with E-state index in [4.69, 9.17) is 5.21 Å². The maximum atomic E-state index is 12.7. The summed E-state index contributed by atoms with van der Waals surface area (Å²) < 4.78 is 26.7. The van der Waals surface area contributed by atoms with Gasteiger partial charge < -0.3 is 0 Å². The van der Waals surface area contributed by atoms with Gasteiger partial charge in [0.1, 0.15) is 6.04 Å². The van der Waals surface area contributed by atoms with Gasteiger partial charge in [-0.05, 0) is 37.3 Å². The first kappa shape index (κ1) is 13.5. The quantitative estimate of drug-likeness (QED) is 0.636. The second-order valence-electron chi connectivity index (χ2n) is 5.30. The SMILES string of the molecule is O=C(NO)[C@H]1C2CC[C@@H](C2)N1S(=O)(=O)c1ccccc1. The number of benzene rings is 1. The first-order valence-corrected chi connectivity index (χ1v) is 8.02. The van der Waals surface area contributed by atoms with Crippen molar-refractivity contribution in [3.63, 3.8) is 0 Å². The number of nitrogens with one attached hydrogen (secondary N) is 1. The largest absolute Gasteiger partial charge is 0.289 e. The minimum Gasteiger partial charge on any atom is -0.289 e. The van der Waals surface area contributed by atoms with Crippen LogP contribution in [-0.4, -0.2) is 35.9 Å². The van der Waals surface area contributed by atoms with E-state index in [2.05, 4.69) is 0 Å². The van der Waals surface area contributed by atoms with E-state index >= 15 is 0 Å². The van der Waals surface area contributed by atoms with E-state index in [9.17, 15) is 13.2 Å². The molecule has 2 fully saturated rings. The minimum absolute atomic E-state index is 0.00867. The third-order valence-corrected chi connectivity index (χ3v) is 6.17. The van der Waals surface area contributed by atoms with E-state index in [1.807, 2.05) is 0 Å². The molecule has 7 heteroatoms. The number of hydroxylamine groups is 1. The van der Waals surface area contributed by atoms with Crippen molar-refractivity contribution in [3.05, 3.63) is 30.3 Å². The normalized spacial score (nSPS) is 29.6. The molecule has 0 aromatic heterocycles. The van der Waals surface area contributed by atoms with Gasteiger partial charge in [0, 0.05) is 6.04 Å². The Morgan fingerprint density at radius 3 is 2.60 bits per heavy atom. The Morgan fingerprint density at radius 1 is 1.25 bits per heavy atom. The lowest BCUT2D eigenvalue weighted by Gasteiger charge is -2.32. The molecule has 1 amide bonds. The molecule has 1 aliphatic heterocycles. The zero-order valence-corrected chi connectivity index (χ0v) is 11.6. The number of carbonyl (C=O) groups excluding carboxylic acids is 1. The third-order valence-electron chi connectivity index (χ3n) is 4.22. The number of nitrogens with zero attached hydrogens (tertiary/aromatic N) is 1. The molecule has 2 aliphatic rings. The molecular weight excluding hydrogens is 280 g/mol. The van der Waals surface area contributed by atoms with Crippen LogP contribution in [0.3, 0.4) is 0 Å². The minimum atomic E-state index is -3.71. The molecule has 2 bridgehead atoms. The van der Waals surface area contributed by atoms with E-state index in [1.165, 1.54) is 16.4 Å². The summed E-state index contributed by atoms with van der Waals surface area (Å²) in [5, 5.41) is 8.86. The Bertz CT molecular complexity index is 617. The number of fused-ring (bicyclic) bond motifs is 2. The van der Waals surface area contributed by atoms with Crippen LogP contribution in [0.5, 0.6) is 0 Å². The van der Waals surface area contributed by atoms with Gasteiger partial charge in [0.25, 0.3) is 5.91 Å². The van der Waals surface area contributed by atoms with Gasteiger partial charge in [-0.1, -0.05) is 18.2 Å². The molecule has 3 rings (SSSR count). The Balaban J connectivity index is 2.01. The summed E-state index contributed by atoms with van der Waals surface area (Å²) in [5.41, 5.74) is 1.60. The zero-order valence-electron chi connectivity index (χ0n) is 10.8. The predicted molar refractivity (Wildman–Crippen MR) is 70.3 cm³/mol. The Labute approximate surface area is 117 Å². The summed E-state index contributed by atoms with van der Waals surface area (Å²) >= 11 is 0. The fourth-order valence-electron chi connectivity index (χ4n) is 3.40. The Kier molecular flexibility index (Phi) is 3.27. The number of carbonyl (C=O) groups is 1. The number of piperidine rings is 1. The molecule has 2 N–H and O–H groups in total. The first-order valence-electron chi connectivity index (χ1n) is 6.58. The molecule has 6 nitrogen and oxygen atoms in total. The van der Waals surface area contributed by atoms with Crippen LogP contribution in [0.15, 0.2) is 35.2 Å². The average molecular weight is 296 g/mol. The monoisotopic (exact) mass is 296 g/mol. The summed E-state index contributed by atoms with van der Waals surface area (Å²) in [5.74, 6) is -0.651. The maximum Gasteiger partial charge on any atom is 0.262 e. The lowest BCUT2D eigenvalue weighted by molar-refractivity contribution is -0.134. The van der Waals surface area contributed by atoms with Crippen LogP contribution in [0.25, 0.3) is 0 Å². The van der Waals surface area contributed by atoms with Crippen molar-refractivity contribution in [2.75, 3.05) is 0 Å². The van der Waals surface area contributed by atoms with Crippen LogP contribution in [-0.2, 0) is 14.8 Å². The van der Waals surface area contributed by atoms with Crippen LogP contribution < -0.4 is 5.48 Å². The summed E-state index contributed by atoms with van der Waals surface area (Å²) in [7, 11) is -3.71. The summed E-state index contributed by atoms with van der Waals surface area (Å²) in [6, 6.07) is 7.15. The number of hydrogen-bond acceptors (Lipinski definition) is 4. The summed E-state index contributed by atoms with van der Waals surface area (Å²) in [6.07, 6.45) is 2.28. The highest BCUT2D eigenvalue weighted by Crippen LogP contribution is 2.45. The molecule has 1 aromatic rings. The third kappa shape index (κ3) is 1.93. The van der Waals surface area contributed by atoms with Crippen molar-refractivity contribution in [2.45, 2.75) is 36.2 Å². The molecule has 0 radical (unpaired) electrons. The molecule has 108 valence electrons. The highest BCUT2D eigenvalue weighted by atomic mass is 32.2. The number of hydrogen-bond donors (Lipinski definition) is 2. The highest BCUT2D eigenvalue weighted by Gasteiger charge is 2.54. The number of amides is 1. The average Bonchev–Trinajstić information content (AvgIpc) is 3.08. The fourth-order valence-corrected chi connectivity index (χ4v) is 5.30. The molecule has 1 saturated heterocycles. The topological polar surface area (TPSA) is 86.7 Å². The van der Waals surface area contributed by atoms with E-state index in [-0.39, 0.29) is 16.9 Å². The van der Waals surface area contributed by atoms with Crippen molar-refractivity contribution < 1.29 is 18.4 Å². The van der Waals surface area contributed by atoms with Crippen LogP contribution >= 0.6 is 0 Å². The predicted octanol–water partition coefficient (Wildman–Crippen LogP) is 0.734. The molecule has 3 atom stereocenters. The van der Waals surface area contributed by atoms with Crippen LogP contribution in [0.2, 0.25) is 0 Å². The van der Waals surface area contributed by atoms with Gasteiger partial charge in [0.15, 0.2) is 0 Å². The second kappa shape index (κ2) is 4.83. The Morgan fingerprint density at radius 2 is 1.95 bits per heavy atom. The Hall–Kier alpha value is -1.44. The maximum absolute atomic E-state index is 12.7. The van der Waals surface area contributed by atoms with E-state index in [0.717, 1.165) is 12.8 Å². The lowest BCUT2D eigenvalue weighted by Crippen LogP contribution is -2.52. The van der Waals surface area contributed by atoms with Gasteiger partial charge in [-0.25, -0.2) is 13.9 Å². The summed E-state index contributed by atoms with van der Waals surface area (Å²) in [4.78, 5) is 12.0.